The van der Waals surface area contributed by atoms with E-state index in [4.69, 9.17) is 14.7 Å². The molecule has 1 atom stereocenters. The molecule has 1 amide bonds. The van der Waals surface area contributed by atoms with Gasteiger partial charge in [0.15, 0.2) is 5.65 Å². The number of ether oxygens (including phenoxy) is 1. The number of carbonyl (C=O) groups excluding carboxylic acids is 1. The largest absolute Gasteiger partial charge is 0.370 e. The van der Waals surface area contributed by atoms with Gasteiger partial charge in [-0.1, -0.05) is 0 Å². The summed E-state index contributed by atoms with van der Waals surface area (Å²) in [6.45, 7) is 9.61. The summed E-state index contributed by atoms with van der Waals surface area (Å²) in [6.07, 6.45) is 4.06. The molecule has 8 heteroatoms. The summed E-state index contributed by atoms with van der Waals surface area (Å²) < 4.78 is 7.71. The summed E-state index contributed by atoms with van der Waals surface area (Å²) in [5.74, 6) is 0.952. The van der Waals surface area contributed by atoms with Crippen molar-refractivity contribution in [1.29, 1.82) is 0 Å². The van der Waals surface area contributed by atoms with Crippen molar-refractivity contribution in [1.82, 2.24) is 24.5 Å². The Kier molecular flexibility index (Phi) is 4.00. The molecule has 0 aromatic carbocycles. The van der Waals surface area contributed by atoms with Gasteiger partial charge >= 0.3 is 0 Å². The molecule has 5 rings (SSSR count). The highest BCUT2D eigenvalue weighted by atomic mass is 32.1. The Balaban J connectivity index is 1.66. The van der Waals surface area contributed by atoms with Crippen LogP contribution in [0.25, 0.3) is 15.9 Å². The lowest BCUT2D eigenvalue weighted by Gasteiger charge is -2.32. The molecule has 3 aromatic rings. The summed E-state index contributed by atoms with van der Waals surface area (Å²) in [5.41, 5.74) is 1.77. The number of aryl methyl sites for hydroxylation is 1. The highest BCUT2D eigenvalue weighted by Crippen LogP contribution is 2.39. The van der Waals surface area contributed by atoms with Crippen LogP contribution in [0.15, 0.2) is 0 Å². The summed E-state index contributed by atoms with van der Waals surface area (Å²) >= 11 is 1.66. The average Bonchev–Trinajstić information content (AvgIpc) is 3.22. The average molecular weight is 400 g/mol. The summed E-state index contributed by atoms with van der Waals surface area (Å²) in [6, 6.07) is 0.235. The standard InChI is InChI=1S/C20H25N5O2S/c1-11-7-5-6-8-24(11)19(26)16-22-17-15-13-9-20(3,4)27-10-14(13)28-18(15)21-12(2)25(17)23-16/h11H,5-10H2,1-4H3/t11-/m1/s1. The maximum atomic E-state index is 13.1. The molecule has 0 aliphatic carbocycles. The lowest BCUT2D eigenvalue weighted by molar-refractivity contribution is -0.0379. The van der Waals surface area contributed by atoms with Crippen molar-refractivity contribution in [2.45, 2.75) is 71.6 Å². The monoisotopic (exact) mass is 399 g/mol. The van der Waals surface area contributed by atoms with Crippen molar-refractivity contribution in [2.75, 3.05) is 6.54 Å². The van der Waals surface area contributed by atoms with Crippen LogP contribution in [0.4, 0.5) is 0 Å². The van der Waals surface area contributed by atoms with E-state index in [1.165, 1.54) is 16.9 Å². The molecule has 0 N–H and O–H groups in total. The lowest BCUT2D eigenvalue weighted by Crippen LogP contribution is -2.42. The molecule has 28 heavy (non-hydrogen) atoms. The van der Waals surface area contributed by atoms with Crippen molar-refractivity contribution in [3.63, 3.8) is 0 Å². The number of nitrogens with zero attached hydrogens (tertiary/aromatic N) is 5. The number of piperidine rings is 1. The van der Waals surface area contributed by atoms with E-state index in [-0.39, 0.29) is 23.4 Å². The van der Waals surface area contributed by atoms with E-state index in [1.54, 1.807) is 15.9 Å². The van der Waals surface area contributed by atoms with Crippen molar-refractivity contribution < 1.29 is 9.53 Å². The number of aromatic nitrogens is 4. The van der Waals surface area contributed by atoms with Gasteiger partial charge in [-0.2, -0.15) is 4.52 Å². The molecule has 0 saturated carbocycles. The van der Waals surface area contributed by atoms with Gasteiger partial charge in [0.1, 0.15) is 10.7 Å². The van der Waals surface area contributed by atoms with E-state index in [2.05, 4.69) is 25.9 Å². The van der Waals surface area contributed by atoms with Gasteiger partial charge in [0.05, 0.1) is 17.6 Å². The predicted molar refractivity (Wildman–Crippen MR) is 108 cm³/mol. The molecule has 5 heterocycles. The Bertz CT molecular complexity index is 1100. The second kappa shape index (κ2) is 6.22. The lowest BCUT2D eigenvalue weighted by atomic mass is 9.94. The van der Waals surface area contributed by atoms with Crippen molar-refractivity contribution in [3.05, 3.63) is 22.1 Å². The van der Waals surface area contributed by atoms with Gasteiger partial charge in [-0.25, -0.2) is 9.97 Å². The molecular weight excluding hydrogens is 374 g/mol. The predicted octanol–water partition coefficient (Wildman–Crippen LogP) is 3.51. The van der Waals surface area contributed by atoms with E-state index in [9.17, 15) is 4.79 Å². The van der Waals surface area contributed by atoms with Gasteiger partial charge < -0.3 is 9.64 Å². The van der Waals surface area contributed by atoms with Crippen LogP contribution in [0.2, 0.25) is 0 Å². The van der Waals surface area contributed by atoms with E-state index in [0.717, 1.165) is 47.5 Å². The van der Waals surface area contributed by atoms with Gasteiger partial charge in [-0.05, 0) is 52.5 Å². The van der Waals surface area contributed by atoms with Gasteiger partial charge in [0.25, 0.3) is 5.91 Å². The van der Waals surface area contributed by atoms with Crippen LogP contribution in [-0.4, -0.2) is 48.6 Å². The zero-order chi connectivity index (χ0) is 19.6. The molecule has 148 valence electrons. The number of hydrogen-bond acceptors (Lipinski definition) is 6. The van der Waals surface area contributed by atoms with Gasteiger partial charge in [-0.15, -0.1) is 16.4 Å². The number of likely N-dealkylation sites (tertiary alicyclic amines) is 1. The number of amides is 1. The van der Waals surface area contributed by atoms with E-state index >= 15 is 0 Å². The molecular formula is C20H25N5O2S. The van der Waals surface area contributed by atoms with Crippen LogP contribution < -0.4 is 0 Å². The molecule has 7 nitrogen and oxygen atoms in total. The Morgan fingerprint density at radius 1 is 1.29 bits per heavy atom. The summed E-state index contributed by atoms with van der Waals surface area (Å²) in [5, 5.41) is 5.59. The smallest absolute Gasteiger partial charge is 0.293 e. The van der Waals surface area contributed by atoms with E-state index in [0.29, 0.717) is 6.61 Å². The minimum atomic E-state index is -0.217. The fraction of sp³-hybridized carbons (Fsp3) is 0.600. The molecule has 0 unspecified atom stereocenters. The van der Waals surface area contributed by atoms with Crippen molar-refractivity contribution in [2.24, 2.45) is 0 Å². The van der Waals surface area contributed by atoms with Crippen LogP contribution in [0.5, 0.6) is 0 Å². The quantitative estimate of drug-likeness (QED) is 0.626. The van der Waals surface area contributed by atoms with Gasteiger partial charge in [-0.3, -0.25) is 4.79 Å². The Hall–Kier alpha value is -2.06. The second-order valence-corrected chi connectivity index (χ2v) is 9.67. The molecule has 1 saturated heterocycles. The third kappa shape index (κ3) is 2.73. The zero-order valence-electron chi connectivity index (χ0n) is 16.8. The Morgan fingerprint density at radius 2 is 2.11 bits per heavy atom. The Morgan fingerprint density at radius 3 is 2.89 bits per heavy atom. The summed E-state index contributed by atoms with van der Waals surface area (Å²) in [4.78, 5) is 26.7. The first kappa shape index (κ1) is 18.0. The van der Waals surface area contributed by atoms with Gasteiger partial charge in [0, 0.05) is 23.9 Å². The highest BCUT2D eigenvalue weighted by Gasteiger charge is 2.32. The van der Waals surface area contributed by atoms with Crippen LogP contribution in [0.1, 0.15) is 66.9 Å². The molecule has 0 spiro atoms. The Labute approximate surface area is 167 Å². The number of carbonyl (C=O) groups is 1. The molecule has 0 bridgehead atoms. The van der Waals surface area contributed by atoms with Crippen LogP contribution in [-0.2, 0) is 17.8 Å². The van der Waals surface area contributed by atoms with E-state index < -0.39 is 0 Å². The zero-order valence-corrected chi connectivity index (χ0v) is 17.6. The molecule has 2 aliphatic rings. The second-order valence-electron chi connectivity index (χ2n) is 8.58. The molecule has 1 fully saturated rings. The first-order chi connectivity index (χ1) is 13.3. The minimum Gasteiger partial charge on any atom is -0.370 e. The van der Waals surface area contributed by atoms with Crippen LogP contribution in [0, 0.1) is 6.92 Å². The SMILES string of the molecule is Cc1nc2sc3c(c2c2nc(C(=O)N4CCCC[C@H]4C)nn12)CC(C)(C)OC3. The number of fused-ring (bicyclic) bond motifs is 5. The van der Waals surface area contributed by atoms with Crippen molar-refractivity contribution in [3.8, 4) is 0 Å². The fourth-order valence-electron chi connectivity index (χ4n) is 4.36. The normalized spacial score (nSPS) is 22.0. The maximum Gasteiger partial charge on any atom is 0.293 e. The first-order valence-electron chi connectivity index (χ1n) is 9.96. The first-order valence-corrected chi connectivity index (χ1v) is 10.8. The summed E-state index contributed by atoms with van der Waals surface area (Å²) in [7, 11) is 0. The molecule has 2 aliphatic heterocycles. The number of rotatable bonds is 1. The number of thiophene rings is 1. The number of hydrogen-bond donors (Lipinski definition) is 0. The maximum absolute atomic E-state index is 13.1. The van der Waals surface area contributed by atoms with Crippen molar-refractivity contribution >= 4 is 33.1 Å². The van der Waals surface area contributed by atoms with Crippen LogP contribution >= 0.6 is 11.3 Å². The minimum absolute atomic E-state index is 0.0730. The molecule has 3 aromatic heterocycles. The van der Waals surface area contributed by atoms with Crippen LogP contribution in [0.3, 0.4) is 0 Å². The third-order valence-corrected chi connectivity index (χ3v) is 7.02. The highest BCUT2D eigenvalue weighted by molar-refractivity contribution is 7.19. The topological polar surface area (TPSA) is 72.6 Å². The van der Waals surface area contributed by atoms with Gasteiger partial charge in [0.2, 0.25) is 5.82 Å². The fourth-order valence-corrected chi connectivity index (χ4v) is 5.50. The third-order valence-electron chi connectivity index (χ3n) is 5.92. The van der Waals surface area contributed by atoms with E-state index in [1.807, 2.05) is 11.8 Å². The molecule has 0 radical (unpaired) electrons.